The maximum absolute atomic E-state index is 10.0. The van der Waals surface area contributed by atoms with Crippen molar-refractivity contribution in [3.05, 3.63) is 0 Å². The van der Waals surface area contributed by atoms with Crippen LogP contribution in [0.3, 0.4) is 0 Å². The van der Waals surface area contributed by atoms with Crippen LogP contribution in [0.2, 0.25) is 0 Å². The van der Waals surface area contributed by atoms with Gasteiger partial charge in [0, 0.05) is 0 Å². The van der Waals surface area contributed by atoms with Crippen molar-refractivity contribution in [2.24, 2.45) is 5.41 Å². The van der Waals surface area contributed by atoms with Crippen molar-refractivity contribution in [3.8, 4) is 0 Å². The Labute approximate surface area is 49.3 Å². The molecule has 0 spiro atoms. The molecule has 0 aliphatic rings. The van der Waals surface area contributed by atoms with Crippen molar-refractivity contribution in [2.45, 2.75) is 20.8 Å². The number of rotatable bonds is 0. The maximum atomic E-state index is 10.0. The molecular formula is C5H13NO2. The summed E-state index contributed by atoms with van der Waals surface area (Å²) in [5.41, 5.74) is -0.583. The Balaban J connectivity index is 0. The van der Waals surface area contributed by atoms with Crippen molar-refractivity contribution >= 4 is 5.97 Å². The minimum absolute atomic E-state index is 0. The Hall–Kier alpha value is -0.570. The predicted octanol–water partition coefficient (Wildman–Crippen LogP) is 1.28. The molecule has 0 aliphatic heterocycles. The van der Waals surface area contributed by atoms with E-state index in [0.29, 0.717) is 0 Å². The van der Waals surface area contributed by atoms with E-state index in [4.69, 9.17) is 5.11 Å². The predicted molar refractivity (Wildman–Crippen MR) is 32.1 cm³/mol. The molecule has 4 N–H and O–H groups in total. The SMILES string of the molecule is CC(C)(C)C(=O)O.N. The summed E-state index contributed by atoms with van der Waals surface area (Å²) >= 11 is 0. The van der Waals surface area contributed by atoms with Crippen molar-refractivity contribution in [3.63, 3.8) is 0 Å². The lowest BCUT2D eigenvalue weighted by atomic mass is 9.98. The standard InChI is InChI=1S/C5H10O2.H3N/c1-5(2,3)4(6)7;/h1-3H3,(H,6,7);1H3. The molecule has 50 valence electrons. The summed E-state index contributed by atoms with van der Waals surface area (Å²) in [6.07, 6.45) is 0. The Morgan fingerprint density at radius 2 is 1.50 bits per heavy atom. The lowest BCUT2D eigenvalue weighted by Gasteiger charge is -2.08. The van der Waals surface area contributed by atoms with Crippen LogP contribution in [-0.2, 0) is 4.79 Å². The first-order valence-corrected chi connectivity index (χ1v) is 2.18. The van der Waals surface area contributed by atoms with Crippen LogP contribution in [0.1, 0.15) is 20.8 Å². The lowest BCUT2D eigenvalue weighted by molar-refractivity contribution is -0.145. The molecule has 0 rings (SSSR count). The molecule has 0 aromatic heterocycles. The van der Waals surface area contributed by atoms with Gasteiger partial charge in [0.2, 0.25) is 0 Å². The summed E-state index contributed by atoms with van der Waals surface area (Å²) in [6, 6.07) is 0. The topological polar surface area (TPSA) is 72.3 Å². The minimum atomic E-state index is -0.757. The van der Waals surface area contributed by atoms with E-state index >= 15 is 0 Å². The molecule has 0 radical (unpaired) electrons. The van der Waals surface area contributed by atoms with Crippen LogP contribution < -0.4 is 6.15 Å². The van der Waals surface area contributed by atoms with Gasteiger partial charge in [-0.3, -0.25) is 4.79 Å². The van der Waals surface area contributed by atoms with Gasteiger partial charge < -0.3 is 11.3 Å². The summed E-state index contributed by atoms with van der Waals surface area (Å²) in [4.78, 5) is 10.0. The number of carbonyl (C=O) groups is 1. The third kappa shape index (κ3) is 3.61. The van der Waals surface area contributed by atoms with E-state index in [2.05, 4.69) is 0 Å². The van der Waals surface area contributed by atoms with Gasteiger partial charge in [0.25, 0.3) is 0 Å². The van der Waals surface area contributed by atoms with Gasteiger partial charge in [0.15, 0.2) is 0 Å². The van der Waals surface area contributed by atoms with Gasteiger partial charge in [-0.15, -0.1) is 0 Å². The average Bonchev–Trinajstić information content (AvgIpc) is 1.31. The highest BCUT2D eigenvalue weighted by Gasteiger charge is 2.18. The van der Waals surface area contributed by atoms with Gasteiger partial charge in [0.05, 0.1) is 5.41 Å². The molecule has 3 nitrogen and oxygen atoms in total. The Morgan fingerprint density at radius 1 is 1.38 bits per heavy atom. The zero-order valence-electron chi connectivity index (χ0n) is 5.56. The second-order valence-corrected chi connectivity index (χ2v) is 2.56. The Kier molecular flexibility index (Phi) is 3.47. The first-order chi connectivity index (χ1) is 2.94. The second kappa shape index (κ2) is 2.67. The summed E-state index contributed by atoms with van der Waals surface area (Å²) in [6.45, 7) is 4.99. The molecule has 3 heteroatoms. The minimum Gasteiger partial charge on any atom is -0.481 e. The van der Waals surface area contributed by atoms with Gasteiger partial charge >= 0.3 is 5.97 Å². The summed E-state index contributed by atoms with van der Waals surface area (Å²) in [5, 5.41) is 8.25. The smallest absolute Gasteiger partial charge is 0.308 e. The van der Waals surface area contributed by atoms with Crippen LogP contribution in [0.5, 0.6) is 0 Å². The molecule has 0 saturated heterocycles. The van der Waals surface area contributed by atoms with E-state index in [-0.39, 0.29) is 6.15 Å². The number of hydrogen-bond donors (Lipinski definition) is 2. The largest absolute Gasteiger partial charge is 0.481 e. The van der Waals surface area contributed by atoms with Crippen molar-refractivity contribution < 1.29 is 9.90 Å². The first kappa shape index (κ1) is 10.4. The van der Waals surface area contributed by atoms with E-state index in [9.17, 15) is 4.79 Å². The molecule has 0 aromatic rings. The highest BCUT2D eigenvalue weighted by molar-refractivity contribution is 5.72. The molecule has 0 aliphatic carbocycles. The van der Waals surface area contributed by atoms with Crippen LogP contribution in [0.4, 0.5) is 0 Å². The molecule has 0 atom stereocenters. The number of carboxylic acids is 1. The van der Waals surface area contributed by atoms with E-state index in [1.165, 1.54) is 0 Å². The fraction of sp³-hybridized carbons (Fsp3) is 0.800. The number of carboxylic acid groups (broad SMARTS) is 1. The maximum Gasteiger partial charge on any atom is 0.308 e. The quantitative estimate of drug-likeness (QED) is 0.504. The molecule has 0 aromatic carbocycles. The van der Waals surface area contributed by atoms with Crippen molar-refractivity contribution in [1.82, 2.24) is 6.15 Å². The number of aliphatic carboxylic acids is 1. The molecule has 0 unspecified atom stereocenters. The van der Waals surface area contributed by atoms with Gasteiger partial charge in [0.1, 0.15) is 0 Å². The zero-order valence-corrected chi connectivity index (χ0v) is 5.56. The van der Waals surface area contributed by atoms with E-state index in [1.807, 2.05) is 0 Å². The van der Waals surface area contributed by atoms with E-state index in [0.717, 1.165) is 0 Å². The van der Waals surface area contributed by atoms with Crippen LogP contribution in [-0.4, -0.2) is 11.1 Å². The third-order valence-corrected chi connectivity index (χ3v) is 0.642. The van der Waals surface area contributed by atoms with E-state index in [1.54, 1.807) is 20.8 Å². The fourth-order valence-corrected chi connectivity index (χ4v) is 0. The molecule has 0 fully saturated rings. The average molecular weight is 119 g/mol. The summed E-state index contributed by atoms with van der Waals surface area (Å²) in [7, 11) is 0. The highest BCUT2D eigenvalue weighted by Crippen LogP contribution is 2.11. The van der Waals surface area contributed by atoms with Crippen LogP contribution in [0.15, 0.2) is 0 Å². The van der Waals surface area contributed by atoms with Crippen LogP contribution in [0, 0.1) is 5.41 Å². The summed E-state index contributed by atoms with van der Waals surface area (Å²) < 4.78 is 0. The van der Waals surface area contributed by atoms with Crippen LogP contribution in [0.25, 0.3) is 0 Å². The van der Waals surface area contributed by atoms with Gasteiger partial charge in [-0.25, -0.2) is 0 Å². The second-order valence-electron chi connectivity index (χ2n) is 2.56. The third-order valence-electron chi connectivity index (χ3n) is 0.642. The fourth-order valence-electron chi connectivity index (χ4n) is 0. The molecule has 0 heterocycles. The van der Waals surface area contributed by atoms with Crippen molar-refractivity contribution in [2.75, 3.05) is 0 Å². The molecule has 0 amide bonds. The molecular weight excluding hydrogens is 106 g/mol. The molecule has 0 bridgehead atoms. The Bertz CT molecular complexity index is 82.9. The van der Waals surface area contributed by atoms with Gasteiger partial charge in [-0.05, 0) is 20.8 Å². The zero-order chi connectivity index (χ0) is 6.08. The normalized spacial score (nSPS) is 9.88. The molecule has 0 saturated carbocycles. The lowest BCUT2D eigenvalue weighted by Crippen LogP contribution is -2.18. The molecule has 8 heavy (non-hydrogen) atoms. The highest BCUT2D eigenvalue weighted by atomic mass is 16.4. The van der Waals surface area contributed by atoms with E-state index < -0.39 is 11.4 Å². The number of hydrogen-bond acceptors (Lipinski definition) is 2. The first-order valence-electron chi connectivity index (χ1n) is 2.18. The Morgan fingerprint density at radius 3 is 1.50 bits per heavy atom. The monoisotopic (exact) mass is 119 g/mol. The van der Waals surface area contributed by atoms with Gasteiger partial charge in [-0.2, -0.15) is 0 Å². The van der Waals surface area contributed by atoms with Crippen molar-refractivity contribution in [1.29, 1.82) is 0 Å². The van der Waals surface area contributed by atoms with Gasteiger partial charge in [-0.1, -0.05) is 0 Å². The van der Waals surface area contributed by atoms with Crippen LogP contribution >= 0.6 is 0 Å². The summed E-state index contributed by atoms with van der Waals surface area (Å²) in [5.74, 6) is -0.757.